The van der Waals surface area contributed by atoms with Crippen molar-refractivity contribution in [2.24, 2.45) is 0 Å². The Balaban J connectivity index is 2.95. The van der Waals surface area contributed by atoms with Crippen LogP contribution < -0.4 is 0 Å². The second-order valence-corrected chi connectivity index (χ2v) is 1.85. The molecule has 1 rings (SSSR count). The van der Waals surface area contributed by atoms with Gasteiger partial charge in [0.15, 0.2) is 0 Å². The van der Waals surface area contributed by atoms with Crippen LogP contribution >= 0.6 is 0 Å². The van der Waals surface area contributed by atoms with Crippen LogP contribution in [0.15, 0.2) is 24.4 Å². The number of carbonyl (C=O) groups is 2. The Morgan fingerprint density at radius 1 is 1.36 bits per heavy atom. The average molecular weight is 153 g/mol. The number of aromatic nitrogens is 1. The number of carbonyl (C=O) groups excluding carboxylic acids is 1. The van der Waals surface area contributed by atoms with Gasteiger partial charge in [-0.05, 0) is 12.1 Å². The zero-order valence-corrected chi connectivity index (χ0v) is 5.52. The van der Waals surface area contributed by atoms with Crippen molar-refractivity contribution in [1.82, 2.24) is 4.98 Å². The predicted molar refractivity (Wildman–Crippen MR) is 36.2 cm³/mol. The van der Waals surface area contributed by atoms with Crippen LogP contribution in [0.3, 0.4) is 0 Å². The number of nitrogens with zero attached hydrogens (tertiary/aromatic N) is 1. The van der Waals surface area contributed by atoms with Crippen molar-refractivity contribution in [1.29, 1.82) is 0 Å². The van der Waals surface area contributed by atoms with Gasteiger partial charge in [-0.3, -0.25) is 9.78 Å². The highest BCUT2D eigenvalue weighted by Crippen LogP contribution is 1.94. The third-order valence-corrected chi connectivity index (χ3v) is 1.09. The van der Waals surface area contributed by atoms with Gasteiger partial charge in [0.05, 0.1) is 0 Å². The van der Waals surface area contributed by atoms with Crippen molar-refractivity contribution in [3.8, 4) is 0 Å². The molecule has 0 aromatic carbocycles. The Kier molecular flexibility index (Phi) is 1.96. The molecule has 11 heavy (non-hydrogen) atoms. The van der Waals surface area contributed by atoms with Crippen LogP contribution in [0.2, 0.25) is 0 Å². The SMILES string of the molecule is O=C(O)[13C](=O)c1cccc[15n]1. The first-order valence-corrected chi connectivity index (χ1v) is 2.90. The summed E-state index contributed by atoms with van der Waals surface area (Å²) in [6, 6.07) is 4.53. The molecule has 0 saturated heterocycles. The largest absolute Gasteiger partial charge is 0.475 e. The molecule has 0 aliphatic carbocycles. The van der Waals surface area contributed by atoms with Gasteiger partial charge in [-0.1, -0.05) is 6.07 Å². The predicted octanol–water partition coefficient (Wildman–Crippen LogP) is 0.349. The maximum absolute atomic E-state index is 10.7. The summed E-state index contributed by atoms with van der Waals surface area (Å²) in [5, 5.41) is 8.25. The Morgan fingerprint density at radius 2 is 2.09 bits per heavy atom. The minimum absolute atomic E-state index is 0.0417. The second-order valence-electron chi connectivity index (χ2n) is 1.85. The summed E-state index contributed by atoms with van der Waals surface area (Å²) in [4.78, 5) is 24.4. The molecule has 0 bridgehead atoms. The Hall–Kier alpha value is -1.71. The number of aliphatic carboxylic acids is 1. The molecule has 0 aliphatic rings. The first kappa shape index (κ1) is 7.40. The Bertz CT molecular complexity index is 281. The Labute approximate surface area is 62.5 Å². The lowest BCUT2D eigenvalue weighted by molar-refractivity contribution is -0.131. The van der Waals surface area contributed by atoms with E-state index in [0.717, 1.165) is 0 Å². The van der Waals surface area contributed by atoms with Crippen LogP contribution in [0.4, 0.5) is 0 Å². The minimum Gasteiger partial charge on any atom is -0.475 e. The van der Waals surface area contributed by atoms with Crippen LogP contribution in [-0.4, -0.2) is 21.8 Å². The van der Waals surface area contributed by atoms with Gasteiger partial charge in [0.2, 0.25) is 0 Å². The molecular weight excluding hydrogens is 148 g/mol. The fourth-order valence-corrected chi connectivity index (χ4v) is 0.607. The smallest absolute Gasteiger partial charge is 0.378 e. The molecular formula is C7H5NO3. The van der Waals surface area contributed by atoms with E-state index in [4.69, 9.17) is 5.11 Å². The summed E-state index contributed by atoms with van der Waals surface area (Å²) in [7, 11) is 0. The van der Waals surface area contributed by atoms with E-state index in [2.05, 4.69) is 4.98 Å². The van der Waals surface area contributed by atoms with E-state index in [1.54, 1.807) is 12.1 Å². The molecule has 0 aliphatic heterocycles. The molecule has 0 saturated carbocycles. The number of carboxylic acid groups (broad SMARTS) is 1. The van der Waals surface area contributed by atoms with Crippen molar-refractivity contribution in [3.05, 3.63) is 30.1 Å². The van der Waals surface area contributed by atoms with Gasteiger partial charge < -0.3 is 5.11 Å². The average Bonchev–Trinajstić information content (AvgIpc) is 2.05. The van der Waals surface area contributed by atoms with E-state index in [0.29, 0.717) is 0 Å². The number of ketones is 1. The highest BCUT2D eigenvalue weighted by atomic mass is 16.4. The monoisotopic (exact) mass is 153 g/mol. The summed E-state index contributed by atoms with van der Waals surface area (Å²) in [6.07, 6.45) is 1.37. The lowest BCUT2D eigenvalue weighted by atomic mass is 10.4. The topological polar surface area (TPSA) is 67.3 Å². The van der Waals surface area contributed by atoms with Crippen LogP contribution in [0, 0.1) is 0 Å². The third-order valence-electron chi connectivity index (χ3n) is 1.09. The van der Waals surface area contributed by atoms with Gasteiger partial charge in [-0.15, -0.1) is 0 Å². The summed E-state index contributed by atoms with van der Waals surface area (Å²) in [5.41, 5.74) is -0.0417. The van der Waals surface area contributed by atoms with Crippen molar-refractivity contribution in [2.45, 2.75) is 0 Å². The minimum atomic E-state index is -1.48. The van der Waals surface area contributed by atoms with Crippen molar-refractivity contribution in [3.63, 3.8) is 0 Å². The van der Waals surface area contributed by atoms with E-state index in [-0.39, 0.29) is 5.69 Å². The lowest BCUT2D eigenvalue weighted by Gasteiger charge is -1.90. The van der Waals surface area contributed by atoms with E-state index in [1.807, 2.05) is 0 Å². The van der Waals surface area contributed by atoms with Crippen LogP contribution in [0.1, 0.15) is 10.5 Å². The zero-order valence-electron chi connectivity index (χ0n) is 5.52. The molecule has 0 amide bonds. The molecule has 0 atom stereocenters. The fraction of sp³-hybridized carbons (Fsp3) is 0. The van der Waals surface area contributed by atoms with Gasteiger partial charge >= 0.3 is 5.97 Å². The number of pyridine rings is 1. The van der Waals surface area contributed by atoms with E-state index in [9.17, 15) is 9.59 Å². The maximum Gasteiger partial charge on any atom is 0.378 e. The van der Waals surface area contributed by atoms with E-state index >= 15 is 0 Å². The van der Waals surface area contributed by atoms with Gasteiger partial charge in [0.1, 0.15) is 5.69 Å². The zero-order chi connectivity index (χ0) is 8.27. The first-order chi connectivity index (χ1) is 5.22. The number of Topliss-reactive ketones (excluding diaryl/α,β-unsaturated/α-hetero) is 1. The Morgan fingerprint density at radius 3 is 2.55 bits per heavy atom. The molecule has 4 nitrogen and oxygen atoms in total. The molecule has 1 heterocycles. The quantitative estimate of drug-likeness (QED) is 0.378. The third kappa shape index (κ3) is 1.61. The van der Waals surface area contributed by atoms with Gasteiger partial charge in [-0.25, -0.2) is 4.79 Å². The van der Waals surface area contributed by atoms with E-state index in [1.165, 1.54) is 12.3 Å². The molecule has 4 heteroatoms. The number of rotatable bonds is 2. The van der Waals surface area contributed by atoms with Crippen molar-refractivity contribution >= 4 is 11.8 Å². The normalized spacial score (nSPS) is 9.09. The molecule has 1 aromatic heterocycles. The molecule has 0 spiro atoms. The maximum atomic E-state index is 10.7. The first-order valence-electron chi connectivity index (χ1n) is 2.90. The summed E-state index contributed by atoms with van der Waals surface area (Å²) in [5.74, 6) is -2.46. The van der Waals surface area contributed by atoms with Gasteiger partial charge in [0.25, 0.3) is 5.78 Å². The summed E-state index contributed by atoms with van der Waals surface area (Å²) in [6.45, 7) is 0. The molecule has 0 unspecified atom stereocenters. The highest BCUT2D eigenvalue weighted by molar-refractivity contribution is 6.39. The lowest BCUT2D eigenvalue weighted by Crippen LogP contribution is -2.13. The van der Waals surface area contributed by atoms with E-state index < -0.39 is 11.8 Å². The number of carboxylic acids is 1. The van der Waals surface area contributed by atoms with Crippen LogP contribution in [0.5, 0.6) is 0 Å². The number of hydrogen-bond acceptors (Lipinski definition) is 3. The molecule has 0 radical (unpaired) electrons. The second kappa shape index (κ2) is 2.92. The molecule has 1 N–H and O–H groups in total. The summed E-state index contributed by atoms with van der Waals surface area (Å²) < 4.78 is 0. The van der Waals surface area contributed by atoms with Crippen molar-refractivity contribution < 1.29 is 14.7 Å². The molecule has 0 fully saturated rings. The molecule has 56 valence electrons. The molecule has 1 aromatic rings. The fourth-order valence-electron chi connectivity index (χ4n) is 0.607. The summed E-state index contributed by atoms with van der Waals surface area (Å²) >= 11 is 0. The van der Waals surface area contributed by atoms with Crippen LogP contribution in [-0.2, 0) is 4.79 Å². The van der Waals surface area contributed by atoms with Gasteiger partial charge in [-0.2, -0.15) is 0 Å². The number of hydrogen-bond donors (Lipinski definition) is 1. The van der Waals surface area contributed by atoms with Gasteiger partial charge in [0, 0.05) is 6.20 Å². The standard InChI is InChI=1S/C7H5NO3/c9-6(7(10)11)5-3-1-2-4-8-5/h1-4H,(H,10,11)/i6+1,8+1. The highest BCUT2D eigenvalue weighted by Gasteiger charge is 2.14. The van der Waals surface area contributed by atoms with Crippen molar-refractivity contribution in [2.75, 3.05) is 0 Å². The van der Waals surface area contributed by atoms with Crippen LogP contribution in [0.25, 0.3) is 0 Å².